The van der Waals surface area contributed by atoms with Crippen molar-refractivity contribution in [3.8, 4) is 0 Å². The molecule has 0 amide bonds. The molecule has 1 aromatic rings. The molecule has 4 N–H and O–H groups in total. The van der Waals surface area contributed by atoms with Gasteiger partial charge in [0.15, 0.2) is 0 Å². The lowest BCUT2D eigenvalue weighted by atomic mass is 10.1. The summed E-state index contributed by atoms with van der Waals surface area (Å²) in [5.41, 5.74) is 4.67. The number of hydrogen-bond donors (Lipinski definition) is 3. The SMILES string of the molecule is CCC(CCN)N1CCCN(c2n[nH]c(=O)[nH]c2=O)CC1. The summed E-state index contributed by atoms with van der Waals surface area (Å²) in [5, 5.41) is 6.17. The average molecular weight is 296 g/mol. The van der Waals surface area contributed by atoms with Crippen LogP contribution >= 0.6 is 0 Å². The number of nitrogens with one attached hydrogen (secondary N) is 2. The monoisotopic (exact) mass is 296 g/mol. The molecule has 0 bridgehead atoms. The van der Waals surface area contributed by atoms with Crippen molar-refractivity contribution in [1.82, 2.24) is 20.1 Å². The summed E-state index contributed by atoms with van der Waals surface area (Å²) in [4.78, 5) is 29.4. The molecule has 1 unspecified atom stereocenters. The lowest BCUT2D eigenvalue weighted by molar-refractivity contribution is 0.196. The first-order valence-electron chi connectivity index (χ1n) is 7.53. The number of aromatic amines is 2. The molecule has 2 rings (SSSR count). The number of aromatic nitrogens is 3. The van der Waals surface area contributed by atoms with Crippen LogP contribution in [0.1, 0.15) is 26.2 Å². The minimum Gasteiger partial charge on any atom is -0.349 e. The molecule has 8 nitrogen and oxygen atoms in total. The van der Waals surface area contributed by atoms with E-state index in [9.17, 15) is 9.59 Å². The van der Waals surface area contributed by atoms with Gasteiger partial charge in [-0.15, -0.1) is 5.10 Å². The van der Waals surface area contributed by atoms with E-state index in [-0.39, 0.29) is 0 Å². The normalized spacial score (nSPS) is 18.5. The van der Waals surface area contributed by atoms with Crippen molar-refractivity contribution in [1.29, 1.82) is 0 Å². The van der Waals surface area contributed by atoms with Gasteiger partial charge in [0.25, 0.3) is 5.56 Å². The standard InChI is InChI=1S/C13H24N6O2/c1-2-10(4-5-14)18-6-3-7-19(9-8-18)11-12(20)15-13(21)17-16-11/h10H,2-9,14H2,1H3,(H2,15,17,20,21). The third-order valence-electron chi connectivity index (χ3n) is 4.01. The van der Waals surface area contributed by atoms with Crippen molar-refractivity contribution in [2.45, 2.75) is 32.2 Å². The zero-order chi connectivity index (χ0) is 15.2. The van der Waals surface area contributed by atoms with Gasteiger partial charge in [0, 0.05) is 32.2 Å². The quantitative estimate of drug-likeness (QED) is 0.649. The van der Waals surface area contributed by atoms with Gasteiger partial charge in [0.2, 0.25) is 5.82 Å². The van der Waals surface area contributed by atoms with Crippen LogP contribution in [-0.4, -0.2) is 58.8 Å². The molecule has 1 fully saturated rings. The first kappa shape index (κ1) is 15.7. The van der Waals surface area contributed by atoms with Crippen molar-refractivity contribution in [2.75, 3.05) is 37.6 Å². The minimum absolute atomic E-state index is 0.295. The maximum absolute atomic E-state index is 11.8. The molecular weight excluding hydrogens is 272 g/mol. The molecule has 0 spiro atoms. The van der Waals surface area contributed by atoms with E-state index >= 15 is 0 Å². The minimum atomic E-state index is -0.575. The van der Waals surface area contributed by atoms with E-state index in [0.717, 1.165) is 45.4 Å². The van der Waals surface area contributed by atoms with Gasteiger partial charge in [0.05, 0.1) is 0 Å². The molecular formula is C13H24N6O2. The summed E-state index contributed by atoms with van der Waals surface area (Å²) in [6, 6.07) is 0.497. The van der Waals surface area contributed by atoms with E-state index < -0.39 is 11.2 Å². The fourth-order valence-corrected chi connectivity index (χ4v) is 2.91. The lowest BCUT2D eigenvalue weighted by Gasteiger charge is -2.29. The largest absolute Gasteiger partial charge is 0.349 e. The molecule has 1 atom stereocenters. The number of hydrogen-bond acceptors (Lipinski definition) is 6. The van der Waals surface area contributed by atoms with Crippen LogP contribution in [0.3, 0.4) is 0 Å². The third kappa shape index (κ3) is 3.92. The Morgan fingerprint density at radius 2 is 2.10 bits per heavy atom. The smallest absolute Gasteiger partial charge is 0.342 e. The van der Waals surface area contributed by atoms with Gasteiger partial charge in [0.1, 0.15) is 0 Å². The lowest BCUT2D eigenvalue weighted by Crippen LogP contribution is -2.40. The highest BCUT2D eigenvalue weighted by Gasteiger charge is 2.22. The molecule has 1 aliphatic heterocycles. The van der Waals surface area contributed by atoms with E-state index in [2.05, 4.69) is 27.0 Å². The van der Waals surface area contributed by atoms with Crippen LogP contribution in [0.25, 0.3) is 0 Å². The zero-order valence-corrected chi connectivity index (χ0v) is 12.5. The number of H-pyrrole nitrogens is 2. The van der Waals surface area contributed by atoms with Gasteiger partial charge in [-0.3, -0.25) is 14.7 Å². The topological polar surface area (TPSA) is 111 Å². The zero-order valence-electron chi connectivity index (χ0n) is 12.5. The summed E-state index contributed by atoms with van der Waals surface area (Å²) >= 11 is 0. The highest BCUT2D eigenvalue weighted by molar-refractivity contribution is 5.34. The molecule has 0 aromatic carbocycles. The molecule has 118 valence electrons. The number of anilines is 1. The fraction of sp³-hybridized carbons (Fsp3) is 0.769. The number of rotatable bonds is 5. The Morgan fingerprint density at radius 3 is 2.76 bits per heavy atom. The molecule has 2 heterocycles. The number of nitrogens with two attached hydrogens (primary N) is 1. The summed E-state index contributed by atoms with van der Waals surface area (Å²) in [6.45, 7) is 6.23. The first-order chi connectivity index (χ1) is 10.2. The Bertz CT molecular complexity index is 554. The van der Waals surface area contributed by atoms with Gasteiger partial charge in [-0.2, -0.15) is 0 Å². The Morgan fingerprint density at radius 1 is 1.29 bits per heavy atom. The average Bonchev–Trinajstić information content (AvgIpc) is 2.70. The molecule has 0 saturated carbocycles. The van der Waals surface area contributed by atoms with Gasteiger partial charge < -0.3 is 10.6 Å². The Balaban J connectivity index is 2.06. The van der Waals surface area contributed by atoms with Crippen molar-refractivity contribution in [3.05, 3.63) is 20.8 Å². The van der Waals surface area contributed by atoms with Crippen LogP contribution < -0.4 is 21.9 Å². The van der Waals surface area contributed by atoms with Crippen LogP contribution in [0.5, 0.6) is 0 Å². The first-order valence-corrected chi connectivity index (χ1v) is 7.53. The summed E-state index contributed by atoms with van der Waals surface area (Å²) < 4.78 is 0. The van der Waals surface area contributed by atoms with E-state index in [1.54, 1.807) is 0 Å². The Labute approximate surface area is 123 Å². The van der Waals surface area contributed by atoms with Gasteiger partial charge >= 0.3 is 5.69 Å². The number of nitrogens with zero attached hydrogens (tertiary/aromatic N) is 3. The van der Waals surface area contributed by atoms with Crippen LogP contribution in [0.2, 0.25) is 0 Å². The van der Waals surface area contributed by atoms with Crippen LogP contribution in [-0.2, 0) is 0 Å². The Kier molecular flexibility index (Phi) is 5.51. The summed E-state index contributed by atoms with van der Waals surface area (Å²) in [6.07, 6.45) is 3.03. The van der Waals surface area contributed by atoms with Gasteiger partial charge in [-0.1, -0.05) is 6.92 Å². The molecule has 21 heavy (non-hydrogen) atoms. The van der Waals surface area contributed by atoms with Crippen LogP contribution in [0.15, 0.2) is 9.59 Å². The molecule has 8 heteroatoms. The summed E-state index contributed by atoms with van der Waals surface area (Å²) in [5.74, 6) is 0.295. The van der Waals surface area contributed by atoms with Crippen LogP contribution in [0.4, 0.5) is 5.82 Å². The second-order valence-electron chi connectivity index (χ2n) is 5.35. The van der Waals surface area contributed by atoms with E-state index in [0.29, 0.717) is 18.4 Å². The predicted octanol–water partition coefficient (Wildman–Crippen LogP) is -0.902. The highest BCUT2D eigenvalue weighted by Crippen LogP contribution is 2.14. The van der Waals surface area contributed by atoms with Gasteiger partial charge in [-0.25, -0.2) is 9.89 Å². The van der Waals surface area contributed by atoms with E-state index in [1.807, 2.05) is 4.90 Å². The van der Waals surface area contributed by atoms with Crippen molar-refractivity contribution >= 4 is 5.82 Å². The van der Waals surface area contributed by atoms with Crippen molar-refractivity contribution in [2.24, 2.45) is 5.73 Å². The third-order valence-corrected chi connectivity index (χ3v) is 4.01. The van der Waals surface area contributed by atoms with Crippen molar-refractivity contribution < 1.29 is 0 Å². The molecule has 0 radical (unpaired) electrons. The maximum Gasteiger partial charge on any atom is 0.342 e. The second-order valence-corrected chi connectivity index (χ2v) is 5.35. The maximum atomic E-state index is 11.8. The molecule has 1 aliphatic rings. The fourth-order valence-electron chi connectivity index (χ4n) is 2.91. The van der Waals surface area contributed by atoms with E-state index in [1.165, 1.54) is 0 Å². The molecule has 1 aromatic heterocycles. The van der Waals surface area contributed by atoms with E-state index in [4.69, 9.17) is 5.73 Å². The Hall–Kier alpha value is -1.67. The predicted molar refractivity (Wildman–Crippen MR) is 81.6 cm³/mol. The van der Waals surface area contributed by atoms with Crippen molar-refractivity contribution in [3.63, 3.8) is 0 Å². The van der Waals surface area contributed by atoms with Gasteiger partial charge in [-0.05, 0) is 25.8 Å². The summed E-state index contributed by atoms with van der Waals surface area (Å²) in [7, 11) is 0. The highest BCUT2D eigenvalue weighted by atomic mass is 16.2. The van der Waals surface area contributed by atoms with Crippen LogP contribution in [0, 0.1) is 0 Å². The second kappa shape index (κ2) is 7.37. The molecule has 0 aliphatic carbocycles. The molecule has 1 saturated heterocycles.